The number of carbonyl (C=O) groups is 1. The van der Waals surface area contributed by atoms with Crippen LogP contribution in [0.4, 0.5) is 5.95 Å². The number of nitrogens with one attached hydrogen (secondary N) is 2. The van der Waals surface area contributed by atoms with Crippen molar-refractivity contribution in [2.45, 2.75) is 24.2 Å². The summed E-state index contributed by atoms with van der Waals surface area (Å²) in [5.41, 5.74) is 0.890. The number of ether oxygens (including phenoxy) is 2. The molecule has 4 rings (SSSR count). The lowest BCUT2D eigenvalue weighted by atomic mass is 10.2. The van der Waals surface area contributed by atoms with Crippen LogP contribution in [0.25, 0.3) is 11.4 Å². The van der Waals surface area contributed by atoms with Gasteiger partial charge in [-0.05, 0) is 49.2 Å². The predicted molar refractivity (Wildman–Crippen MR) is 122 cm³/mol. The third kappa shape index (κ3) is 4.83. The zero-order valence-corrected chi connectivity index (χ0v) is 19.2. The van der Waals surface area contributed by atoms with Gasteiger partial charge in [-0.15, -0.1) is 5.10 Å². The summed E-state index contributed by atoms with van der Waals surface area (Å²) in [5.74, 6) is 1.09. The normalized spacial score (nSPS) is 14.6. The summed E-state index contributed by atoms with van der Waals surface area (Å²) in [6, 6.07) is 11.2. The minimum atomic E-state index is -3.64. The highest BCUT2D eigenvalue weighted by Gasteiger charge is 2.26. The summed E-state index contributed by atoms with van der Waals surface area (Å²) in [7, 11) is -0.558. The Bertz CT molecular complexity index is 1250. The number of aromatic amines is 1. The summed E-state index contributed by atoms with van der Waals surface area (Å²) in [5, 5.41) is 9.41. The zero-order valence-electron chi connectivity index (χ0n) is 18.4. The number of rotatable bonds is 7. The van der Waals surface area contributed by atoms with Crippen LogP contribution in [0.3, 0.4) is 0 Å². The average Bonchev–Trinajstić information content (AvgIpc) is 3.32. The van der Waals surface area contributed by atoms with Gasteiger partial charge in [-0.25, -0.2) is 8.42 Å². The van der Waals surface area contributed by atoms with Gasteiger partial charge in [0.05, 0.1) is 19.1 Å². The van der Waals surface area contributed by atoms with E-state index in [9.17, 15) is 13.2 Å². The van der Waals surface area contributed by atoms with Crippen molar-refractivity contribution in [3.8, 4) is 22.9 Å². The average molecular weight is 472 g/mol. The fraction of sp³-hybridized carbons (Fsp3) is 0.318. The van der Waals surface area contributed by atoms with Crippen molar-refractivity contribution < 1.29 is 22.7 Å². The van der Waals surface area contributed by atoms with Gasteiger partial charge in [0.15, 0.2) is 17.3 Å². The van der Waals surface area contributed by atoms with Crippen molar-refractivity contribution in [3.63, 3.8) is 0 Å². The molecule has 3 aromatic rings. The molecule has 0 unspecified atom stereocenters. The molecule has 10 nitrogen and oxygen atoms in total. The molecule has 0 radical (unpaired) electrons. The molecular weight excluding hydrogens is 446 g/mol. The molecule has 1 saturated heterocycles. The van der Waals surface area contributed by atoms with Crippen LogP contribution in [0, 0.1) is 0 Å². The van der Waals surface area contributed by atoms with Crippen LogP contribution in [0.15, 0.2) is 47.4 Å². The second-order valence-corrected chi connectivity index (χ2v) is 9.46. The van der Waals surface area contributed by atoms with E-state index in [-0.39, 0.29) is 16.4 Å². The number of H-pyrrole nitrogens is 1. The highest BCUT2D eigenvalue weighted by molar-refractivity contribution is 7.89. The lowest BCUT2D eigenvalue weighted by Gasteiger charge is -2.25. The highest BCUT2D eigenvalue weighted by atomic mass is 32.2. The Hall–Kier alpha value is -3.44. The molecule has 1 amide bonds. The first-order valence-electron chi connectivity index (χ1n) is 10.5. The van der Waals surface area contributed by atoms with Crippen molar-refractivity contribution in [2.24, 2.45) is 0 Å². The van der Waals surface area contributed by atoms with Crippen molar-refractivity contribution in [2.75, 3.05) is 32.6 Å². The van der Waals surface area contributed by atoms with E-state index in [2.05, 4.69) is 20.5 Å². The third-order valence-corrected chi connectivity index (χ3v) is 7.31. The largest absolute Gasteiger partial charge is 0.493 e. The molecule has 0 atom stereocenters. The Morgan fingerprint density at radius 1 is 1.03 bits per heavy atom. The van der Waals surface area contributed by atoms with Gasteiger partial charge < -0.3 is 9.47 Å². The van der Waals surface area contributed by atoms with Gasteiger partial charge >= 0.3 is 0 Å². The van der Waals surface area contributed by atoms with Crippen LogP contribution in [0.5, 0.6) is 11.5 Å². The molecule has 2 aromatic carbocycles. The standard InChI is InChI=1S/C22H25N5O5S/c1-31-18-10-9-15(14-19(18)32-2)20-23-22(26-25-20)24-21(28)16-7-6-8-17(13-16)33(29,30)27-11-4-3-5-12-27/h6-10,13-14H,3-5,11-12H2,1-2H3,(H2,23,24,25,26,28). The van der Waals surface area contributed by atoms with Crippen molar-refractivity contribution in [1.29, 1.82) is 0 Å². The molecule has 174 valence electrons. The summed E-state index contributed by atoms with van der Waals surface area (Å²) in [4.78, 5) is 17.1. The number of aromatic nitrogens is 3. The zero-order chi connectivity index (χ0) is 23.4. The van der Waals surface area contributed by atoms with Crippen molar-refractivity contribution in [3.05, 3.63) is 48.0 Å². The first-order chi connectivity index (χ1) is 15.9. The number of amides is 1. The van der Waals surface area contributed by atoms with E-state index >= 15 is 0 Å². The molecule has 1 fully saturated rings. The number of sulfonamides is 1. The topological polar surface area (TPSA) is 127 Å². The summed E-state index contributed by atoms with van der Waals surface area (Å²) in [6.07, 6.45) is 2.70. The number of benzene rings is 2. The lowest BCUT2D eigenvalue weighted by Crippen LogP contribution is -2.35. The quantitative estimate of drug-likeness (QED) is 0.542. The number of anilines is 1. The number of hydrogen-bond acceptors (Lipinski definition) is 7. The molecule has 0 aliphatic carbocycles. The Balaban J connectivity index is 1.51. The van der Waals surface area contributed by atoms with Crippen LogP contribution in [0.2, 0.25) is 0 Å². The smallest absolute Gasteiger partial charge is 0.258 e. The van der Waals surface area contributed by atoms with E-state index in [1.54, 1.807) is 37.4 Å². The number of methoxy groups -OCH3 is 2. The molecule has 2 heterocycles. The Morgan fingerprint density at radius 2 is 1.79 bits per heavy atom. The van der Waals surface area contributed by atoms with Crippen LogP contribution in [-0.2, 0) is 10.0 Å². The van der Waals surface area contributed by atoms with Gasteiger partial charge in [-0.3, -0.25) is 15.2 Å². The van der Waals surface area contributed by atoms with Gasteiger partial charge in [0.25, 0.3) is 5.91 Å². The van der Waals surface area contributed by atoms with Gasteiger partial charge in [0.1, 0.15) is 0 Å². The number of hydrogen-bond donors (Lipinski definition) is 2. The Morgan fingerprint density at radius 3 is 2.52 bits per heavy atom. The molecule has 11 heteroatoms. The molecule has 0 saturated carbocycles. The minimum absolute atomic E-state index is 0.0640. The monoisotopic (exact) mass is 471 g/mol. The van der Waals surface area contributed by atoms with E-state index < -0.39 is 15.9 Å². The maximum absolute atomic E-state index is 12.9. The van der Waals surface area contributed by atoms with Crippen LogP contribution in [-0.4, -0.2) is 61.1 Å². The van der Waals surface area contributed by atoms with Crippen LogP contribution in [0.1, 0.15) is 29.6 Å². The van der Waals surface area contributed by atoms with Crippen molar-refractivity contribution >= 4 is 21.9 Å². The maximum atomic E-state index is 12.9. The highest BCUT2D eigenvalue weighted by Crippen LogP contribution is 2.31. The molecular formula is C22H25N5O5S. The predicted octanol–water partition coefficient (Wildman–Crippen LogP) is 2.92. The van der Waals surface area contributed by atoms with Gasteiger partial charge in [-0.2, -0.15) is 9.29 Å². The van der Waals surface area contributed by atoms with E-state index in [1.165, 1.54) is 23.5 Å². The maximum Gasteiger partial charge on any atom is 0.258 e. The van der Waals surface area contributed by atoms with Gasteiger partial charge in [0.2, 0.25) is 16.0 Å². The van der Waals surface area contributed by atoms with Crippen LogP contribution < -0.4 is 14.8 Å². The first kappa shape index (κ1) is 22.7. The number of piperidine rings is 1. The number of nitrogens with zero attached hydrogens (tertiary/aromatic N) is 3. The molecule has 2 N–H and O–H groups in total. The number of carbonyl (C=O) groups excluding carboxylic acids is 1. The fourth-order valence-electron chi connectivity index (χ4n) is 3.66. The molecule has 0 bridgehead atoms. The summed E-state index contributed by atoms with van der Waals surface area (Å²) < 4.78 is 37.9. The minimum Gasteiger partial charge on any atom is -0.493 e. The molecule has 1 aliphatic heterocycles. The SMILES string of the molecule is COc1ccc(-c2nc(NC(=O)c3cccc(S(=O)(=O)N4CCCCC4)c3)n[nH]2)cc1OC. The second kappa shape index (κ2) is 9.59. The first-order valence-corrected chi connectivity index (χ1v) is 11.9. The van der Waals surface area contributed by atoms with E-state index in [0.29, 0.717) is 36.0 Å². The molecule has 1 aromatic heterocycles. The fourth-order valence-corrected chi connectivity index (χ4v) is 5.22. The van der Waals surface area contributed by atoms with Gasteiger partial charge in [0, 0.05) is 24.2 Å². The molecule has 1 aliphatic rings. The van der Waals surface area contributed by atoms with E-state index in [4.69, 9.17) is 9.47 Å². The Labute approximate surface area is 192 Å². The second-order valence-electron chi connectivity index (χ2n) is 7.52. The Kier molecular flexibility index (Phi) is 6.61. The van der Waals surface area contributed by atoms with Crippen LogP contribution >= 0.6 is 0 Å². The summed E-state index contributed by atoms with van der Waals surface area (Å²) in [6.45, 7) is 0.990. The van der Waals surface area contributed by atoms with Crippen molar-refractivity contribution in [1.82, 2.24) is 19.5 Å². The van der Waals surface area contributed by atoms with Gasteiger partial charge in [-0.1, -0.05) is 12.5 Å². The summed E-state index contributed by atoms with van der Waals surface area (Å²) >= 11 is 0. The molecule has 33 heavy (non-hydrogen) atoms. The molecule has 0 spiro atoms. The third-order valence-electron chi connectivity index (χ3n) is 5.42. The van der Waals surface area contributed by atoms with E-state index in [1.807, 2.05) is 0 Å². The lowest BCUT2D eigenvalue weighted by molar-refractivity contribution is 0.102. The van der Waals surface area contributed by atoms with E-state index in [0.717, 1.165) is 19.3 Å².